The summed E-state index contributed by atoms with van der Waals surface area (Å²) in [6, 6.07) is 22.2. The molecule has 0 fully saturated rings. The molecule has 0 saturated carbocycles. The van der Waals surface area contributed by atoms with Crippen molar-refractivity contribution in [3.63, 3.8) is 0 Å². The molecule has 0 bridgehead atoms. The van der Waals surface area contributed by atoms with Crippen LogP contribution < -0.4 is 10.0 Å². The van der Waals surface area contributed by atoms with Gasteiger partial charge in [-0.15, -0.1) is 0 Å². The Balaban J connectivity index is 1.87. The van der Waals surface area contributed by atoms with Crippen molar-refractivity contribution in [3.8, 4) is 0 Å². The Hall–Kier alpha value is -3.20. The predicted octanol–water partition coefficient (Wildman–Crippen LogP) is 4.87. The molecule has 0 aliphatic heterocycles. The van der Waals surface area contributed by atoms with Gasteiger partial charge in [-0.25, -0.2) is 13.1 Å². The van der Waals surface area contributed by atoms with Crippen molar-refractivity contribution in [2.75, 3.05) is 13.1 Å². The molecule has 2 amide bonds. The van der Waals surface area contributed by atoms with Crippen LogP contribution in [0.5, 0.6) is 0 Å². The van der Waals surface area contributed by atoms with E-state index in [1.807, 2.05) is 49.4 Å². The second-order valence-corrected chi connectivity index (χ2v) is 11.1. The maximum atomic E-state index is 13.7. The number of sulfonamides is 1. The van der Waals surface area contributed by atoms with E-state index in [-0.39, 0.29) is 29.7 Å². The van der Waals surface area contributed by atoms with Gasteiger partial charge < -0.3 is 10.2 Å². The van der Waals surface area contributed by atoms with Gasteiger partial charge in [-0.1, -0.05) is 80.0 Å². The van der Waals surface area contributed by atoms with E-state index in [9.17, 15) is 18.0 Å². The fourth-order valence-electron chi connectivity index (χ4n) is 4.07. The Labute approximate surface area is 230 Å². The van der Waals surface area contributed by atoms with E-state index >= 15 is 0 Å². The molecule has 0 aliphatic rings. The maximum absolute atomic E-state index is 13.7. The van der Waals surface area contributed by atoms with Crippen LogP contribution in [0.15, 0.2) is 83.8 Å². The molecule has 2 N–H and O–H groups in total. The largest absolute Gasteiger partial charge is 0.354 e. The van der Waals surface area contributed by atoms with Gasteiger partial charge in [0.05, 0.1) is 4.90 Å². The zero-order chi connectivity index (χ0) is 27.5. The highest BCUT2D eigenvalue weighted by molar-refractivity contribution is 7.89. The Morgan fingerprint density at radius 2 is 1.53 bits per heavy atom. The molecule has 1 atom stereocenters. The summed E-state index contributed by atoms with van der Waals surface area (Å²) in [5.74, 6) is -0.428. The Kier molecular flexibility index (Phi) is 10.9. The Bertz CT molecular complexity index is 1300. The molecule has 0 unspecified atom stereocenters. The van der Waals surface area contributed by atoms with Gasteiger partial charge in [0.15, 0.2) is 0 Å². The van der Waals surface area contributed by atoms with Crippen molar-refractivity contribution in [2.24, 2.45) is 0 Å². The average Bonchev–Trinajstić information content (AvgIpc) is 2.92. The first-order valence-electron chi connectivity index (χ1n) is 12.7. The van der Waals surface area contributed by atoms with E-state index in [4.69, 9.17) is 11.6 Å². The van der Waals surface area contributed by atoms with Crippen molar-refractivity contribution in [1.82, 2.24) is 14.9 Å². The van der Waals surface area contributed by atoms with Crippen LogP contribution in [-0.2, 0) is 32.6 Å². The van der Waals surface area contributed by atoms with Crippen LogP contribution in [0.1, 0.15) is 49.4 Å². The van der Waals surface area contributed by atoms with E-state index in [0.717, 1.165) is 23.1 Å². The molecule has 0 spiro atoms. The summed E-state index contributed by atoms with van der Waals surface area (Å²) in [6.07, 6.45) is 1.32. The van der Waals surface area contributed by atoms with E-state index in [0.29, 0.717) is 24.5 Å². The first-order valence-corrected chi connectivity index (χ1v) is 14.6. The van der Waals surface area contributed by atoms with E-state index in [2.05, 4.69) is 10.0 Å². The van der Waals surface area contributed by atoms with Gasteiger partial charge in [0.25, 0.3) is 0 Å². The topological polar surface area (TPSA) is 95.6 Å². The minimum Gasteiger partial charge on any atom is -0.354 e. The summed E-state index contributed by atoms with van der Waals surface area (Å²) < 4.78 is 26.9. The van der Waals surface area contributed by atoms with Crippen LogP contribution >= 0.6 is 11.6 Å². The van der Waals surface area contributed by atoms with Gasteiger partial charge in [-0.05, 0) is 53.8 Å². The van der Waals surface area contributed by atoms with Gasteiger partial charge in [0.1, 0.15) is 6.04 Å². The van der Waals surface area contributed by atoms with Crippen LogP contribution in [0.3, 0.4) is 0 Å². The number of nitrogens with zero attached hydrogens (tertiary/aromatic N) is 1. The van der Waals surface area contributed by atoms with Gasteiger partial charge in [0.2, 0.25) is 21.8 Å². The van der Waals surface area contributed by atoms with Crippen molar-refractivity contribution in [3.05, 3.63) is 101 Å². The molecular formula is C29H34ClN3O4S. The van der Waals surface area contributed by atoms with Crippen molar-refractivity contribution in [2.45, 2.75) is 50.6 Å². The molecule has 0 radical (unpaired) electrons. The lowest BCUT2D eigenvalue weighted by Gasteiger charge is -2.32. The SMILES string of the molecule is CCCNC(=O)[C@H](c1ccccc1)N(Cc1ccc(Cl)cc1)C(=O)CCc1ccc(S(=O)(=O)NCC)cc1. The second kappa shape index (κ2) is 14.1. The highest BCUT2D eigenvalue weighted by Gasteiger charge is 2.31. The standard InChI is InChI=1S/C29H34ClN3O4S/c1-3-20-31-29(35)28(24-8-6-5-7-9-24)33(21-23-10-15-25(30)16-11-23)27(34)19-14-22-12-17-26(18-13-22)38(36,37)32-4-2/h5-13,15-18,28,32H,3-4,14,19-21H2,1-2H3,(H,31,35)/t28-/m0/s1. The van der Waals surface area contributed by atoms with Gasteiger partial charge in [0, 0.05) is 31.1 Å². The lowest BCUT2D eigenvalue weighted by molar-refractivity contribution is -0.141. The van der Waals surface area contributed by atoms with Crippen LogP contribution in [0.25, 0.3) is 0 Å². The van der Waals surface area contributed by atoms with Crippen molar-refractivity contribution < 1.29 is 18.0 Å². The van der Waals surface area contributed by atoms with Crippen LogP contribution in [0, 0.1) is 0 Å². The molecule has 0 saturated heterocycles. The number of carbonyl (C=O) groups is 2. The number of amides is 2. The molecule has 0 aliphatic carbocycles. The molecular weight excluding hydrogens is 522 g/mol. The molecule has 38 heavy (non-hydrogen) atoms. The molecule has 7 nitrogen and oxygen atoms in total. The summed E-state index contributed by atoms with van der Waals surface area (Å²) in [4.78, 5) is 28.9. The number of nitrogens with one attached hydrogen (secondary N) is 2. The summed E-state index contributed by atoms with van der Waals surface area (Å²) in [5.41, 5.74) is 2.40. The lowest BCUT2D eigenvalue weighted by atomic mass is 10.0. The third-order valence-corrected chi connectivity index (χ3v) is 7.82. The first-order chi connectivity index (χ1) is 18.2. The summed E-state index contributed by atoms with van der Waals surface area (Å²) in [6.45, 7) is 4.74. The lowest BCUT2D eigenvalue weighted by Crippen LogP contribution is -2.43. The van der Waals surface area contributed by atoms with E-state index < -0.39 is 16.1 Å². The zero-order valence-corrected chi connectivity index (χ0v) is 23.3. The quantitative estimate of drug-likeness (QED) is 0.314. The molecule has 0 aromatic heterocycles. The fourth-order valence-corrected chi connectivity index (χ4v) is 5.23. The minimum atomic E-state index is -3.55. The number of hydrogen-bond acceptors (Lipinski definition) is 4. The monoisotopic (exact) mass is 555 g/mol. The van der Waals surface area contributed by atoms with E-state index in [1.165, 1.54) is 12.1 Å². The number of benzene rings is 3. The number of hydrogen-bond donors (Lipinski definition) is 2. The number of rotatable bonds is 13. The molecule has 3 aromatic carbocycles. The molecule has 9 heteroatoms. The minimum absolute atomic E-state index is 0.150. The van der Waals surface area contributed by atoms with Gasteiger partial charge in [-0.2, -0.15) is 0 Å². The third kappa shape index (κ3) is 8.15. The normalized spacial score (nSPS) is 12.1. The predicted molar refractivity (Wildman–Crippen MR) is 150 cm³/mol. The fraction of sp³-hybridized carbons (Fsp3) is 0.310. The molecule has 3 rings (SSSR count). The molecule has 0 heterocycles. The van der Waals surface area contributed by atoms with Crippen molar-refractivity contribution >= 4 is 33.4 Å². The molecule has 202 valence electrons. The number of aryl methyl sites for hydroxylation is 1. The summed E-state index contributed by atoms with van der Waals surface area (Å²) >= 11 is 6.06. The second-order valence-electron chi connectivity index (χ2n) is 8.90. The highest BCUT2D eigenvalue weighted by atomic mass is 35.5. The van der Waals surface area contributed by atoms with Crippen LogP contribution in [0.4, 0.5) is 0 Å². The van der Waals surface area contributed by atoms with Crippen molar-refractivity contribution in [1.29, 1.82) is 0 Å². The first kappa shape index (κ1) is 29.4. The Morgan fingerprint density at radius 3 is 2.13 bits per heavy atom. The van der Waals surface area contributed by atoms with Crippen LogP contribution in [0.2, 0.25) is 5.02 Å². The van der Waals surface area contributed by atoms with Gasteiger partial charge in [-0.3, -0.25) is 9.59 Å². The number of halogens is 1. The summed E-state index contributed by atoms with van der Waals surface area (Å²) in [5, 5.41) is 3.54. The van der Waals surface area contributed by atoms with E-state index in [1.54, 1.807) is 36.1 Å². The smallest absolute Gasteiger partial charge is 0.247 e. The average molecular weight is 556 g/mol. The third-order valence-electron chi connectivity index (χ3n) is 6.01. The highest BCUT2D eigenvalue weighted by Crippen LogP contribution is 2.26. The zero-order valence-electron chi connectivity index (χ0n) is 21.7. The maximum Gasteiger partial charge on any atom is 0.247 e. The summed E-state index contributed by atoms with van der Waals surface area (Å²) in [7, 11) is -3.55. The van der Waals surface area contributed by atoms with Crippen LogP contribution in [-0.4, -0.2) is 38.2 Å². The Morgan fingerprint density at radius 1 is 0.895 bits per heavy atom. The van der Waals surface area contributed by atoms with Gasteiger partial charge >= 0.3 is 0 Å². The number of carbonyl (C=O) groups excluding carboxylic acids is 2. The molecule has 3 aromatic rings.